The highest BCUT2D eigenvalue weighted by atomic mass is 79.9. The molecule has 0 heterocycles. The van der Waals surface area contributed by atoms with Crippen LogP contribution in [0, 0.1) is 18.3 Å². The molecular formula is C17H16BrN3O. The number of hydrogen-bond acceptors (Lipinski definition) is 3. The maximum absolute atomic E-state index is 12.2. The van der Waals surface area contributed by atoms with Crippen LogP contribution in [-0.4, -0.2) is 11.9 Å². The topological polar surface area (TPSA) is 64.9 Å². The summed E-state index contributed by atoms with van der Waals surface area (Å²) in [4.78, 5) is 12.2. The Kier molecular flexibility index (Phi) is 5.18. The van der Waals surface area contributed by atoms with E-state index < -0.39 is 6.04 Å². The summed E-state index contributed by atoms with van der Waals surface area (Å²) in [6.45, 7) is 3.77. The summed E-state index contributed by atoms with van der Waals surface area (Å²) in [6, 6.07) is 14.4. The highest BCUT2D eigenvalue weighted by Crippen LogP contribution is 2.21. The van der Waals surface area contributed by atoms with Crippen LogP contribution in [0.1, 0.15) is 18.1 Å². The van der Waals surface area contributed by atoms with Gasteiger partial charge in [0.15, 0.2) is 0 Å². The molecule has 0 aliphatic carbocycles. The summed E-state index contributed by atoms with van der Waals surface area (Å²) >= 11 is 3.45. The van der Waals surface area contributed by atoms with Gasteiger partial charge >= 0.3 is 0 Å². The lowest BCUT2D eigenvalue weighted by Crippen LogP contribution is -2.32. The number of nitriles is 1. The van der Waals surface area contributed by atoms with Gasteiger partial charge in [0.05, 0.1) is 11.3 Å². The number of para-hydroxylation sites is 1. The van der Waals surface area contributed by atoms with Crippen LogP contribution in [0.4, 0.5) is 11.4 Å². The maximum Gasteiger partial charge on any atom is 0.246 e. The fourth-order valence-electron chi connectivity index (χ4n) is 1.98. The molecule has 112 valence electrons. The van der Waals surface area contributed by atoms with Crippen LogP contribution in [-0.2, 0) is 4.79 Å². The first kappa shape index (κ1) is 16.1. The van der Waals surface area contributed by atoms with Crippen molar-refractivity contribution in [2.75, 3.05) is 10.6 Å². The molecule has 22 heavy (non-hydrogen) atoms. The van der Waals surface area contributed by atoms with Crippen molar-refractivity contribution < 1.29 is 4.79 Å². The molecule has 0 aliphatic rings. The second-order valence-electron chi connectivity index (χ2n) is 4.98. The number of nitrogens with zero attached hydrogens (tertiary/aromatic N) is 1. The Morgan fingerprint density at radius 2 is 2.00 bits per heavy atom. The second-order valence-corrected chi connectivity index (χ2v) is 5.83. The number of rotatable bonds is 4. The van der Waals surface area contributed by atoms with Gasteiger partial charge in [-0.1, -0.05) is 28.1 Å². The van der Waals surface area contributed by atoms with Crippen LogP contribution < -0.4 is 10.6 Å². The minimum atomic E-state index is -0.424. The Morgan fingerprint density at radius 3 is 2.68 bits per heavy atom. The van der Waals surface area contributed by atoms with E-state index >= 15 is 0 Å². The molecule has 0 saturated heterocycles. The van der Waals surface area contributed by atoms with Gasteiger partial charge in [-0.2, -0.15) is 5.26 Å². The van der Waals surface area contributed by atoms with Gasteiger partial charge in [0, 0.05) is 10.2 Å². The Morgan fingerprint density at radius 1 is 1.27 bits per heavy atom. The molecule has 5 heteroatoms. The van der Waals surface area contributed by atoms with Crippen LogP contribution in [0.5, 0.6) is 0 Å². The minimum absolute atomic E-state index is 0.191. The van der Waals surface area contributed by atoms with Gasteiger partial charge in [0.25, 0.3) is 0 Å². The minimum Gasteiger partial charge on any atom is -0.374 e. The smallest absolute Gasteiger partial charge is 0.246 e. The molecule has 0 aliphatic heterocycles. The molecule has 0 fully saturated rings. The maximum atomic E-state index is 12.2. The largest absolute Gasteiger partial charge is 0.374 e. The van der Waals surface area contributed by atoms with Crippen molar-refractivity contribution in [1.82, 2.24) is 0 Å². The fourth-order valence-corrected chi connectivity index (χ4v) is 2.23. The lowest BCUT2D eigenvalue weighted by Gasteiger charge is -2.16. The lowest BCUT2D eigenvalue weighted by molar-refractivity contribution is -0.116. The summed E-state index contributed by atoms with van der Waals surface area (Å²) in [7, 11) is 0. The highest BCUT2D eigenvalue weighted by Gasteiger charge is 2.14. The van der Waals surface area contributed by atoms with Gasteiger partial charge in [-0.15, -0.1) is 0 Å². The second kappa shape index (κ2) is 7.10. The van der Waals surface area contributed by atoms with Crippen molar-refractivity contribution in [2.45, 2.75) is 19.9 Å². The molecule has 2 aromatic rings. The van der Waals surface area contributed by atoms with Crippen molar-refractivity contribution >= 4 is 33.2 Å². The summed E-state index contributed by atoms with van der Waals surface area (Å²) in [5.41, 5.74) is 2.93. The van der Waals surface area contributed by atoms with Crippen LogP contribution in [0.2, 0.25) is 0 Å². The molecule has 0 aromatic heterocycles. The van der Waals surface area contributed by atoms with E-state index in [1.54, 1.807) is 31.2 Å². The molecule has 2 N–H and O–H groups in total. The molecular weight excluding hydrogens is 342 g/mol. The summed E-state index contributed by atoms with van der Waals surface area (Å²) in [6.07, 6.45) is 0. The Balaban J connectivity index is 2.06. The Labute approximate surface area is 138 Å². The summed E-state index contributed by atoms with van der Waals surface area (Å²) in [5.74, 6) is -0.191. The zero-order chi connectivity index (χ0) is 16.1. The van der Waals surface area contributed by atoms with E-state index in [1.807, 2.05) is 25.1 Å². The number of nitrogens with one attached hydrogen (secondary N) is 2. The first-order valence-electron chi connectivity index (χ1n) is 6.84. The number of anilines is 2. The molecule has 4 nitrogen and oxygen atoms in total. The van der Waals surface area contributed by atoms with Crippen LogP contribution in [0.3, 0.4) is 0 Å². The van der Waals surface area contributed by atoms with E-state index in [1.165, 1.54) is 0 Å². The number of carbonyl (C=O) groups excluding carboxylic acids is 1. The molecule has 0 spiro atoms. The normalized spacial score (nSPS) is 11.4. The van der Waals surface area contributed by atoms with Crippen molar-refractivity contribution in [3.63, 3.8) is 0 Å². The number of hydrogen-bond donors (Lipinski definition) is 2. The van der Waals surface area contributed by atoms with Crippen LogP contribution >= 0.6 is 15.9 Å². The van der Waals surface area contributed by atoms with E-state index in [4.69, 9.17) is 5.26 Å². The fraction of sp³-hybridized carbons (Fsp3) is 0.176. The molecule has 0 saturated carbocycles. The van der Waals surface area contributed by atoms with Gasteiger partial charge in [0.1, 0.15) is 12.1 Å². The first-order chi connectivity index (χ1) is 10.5. The molecule has 2 aromatic carbocycles. The van der Waals surface area contributed by atoms with Gasteiger partial charge < -0.3 is 10.6 Å². The first-order valence-corrected chi connectivity index (χ1v) is 7.63. The van der Waals surface area contributed by atoms with Gasteiger partial charge in [-0.25, -0.2) is 0 Å². The van der Waals surface area contributed by atoms with Crippen LogP contribution in [0.15, 0.2) is 46.9 Å². The molecule has 0 bridgehead atoms. The van der Waals surface area contributed by atoms with Crippen LogP contribution in [0.25, 0.3) is 0 Å². The highest BCUT2D eigenvalue weighted by molar-refractivity contribution is 9.10. The monoisotopic (exact) mass is 357 g/mol. The van der Waals surface area contributed by atoms with E-state index in [0.717, 1.165) is 15.7 Å². The SMILES string of the molecule is Cc1cc(N[C@H](C)C(=O)Nc2ccccc2C#N)ccc1Br. The van der Waals surface area contributed by atoms with Crippen molar-refractivity contribution in [2.24, 2.45) is 0 Å². The predicted octanol–water partition coefficient (Wildman–Crippen LogP) is 4.07. The third-order valence-corrected chi connectivity index (χ3v) is 4.13. The Bertz CT molecular complexity index is 737. The third kappa shape index (κ3) is 3.86. The van der Waals surface area contributed by atoms with E-state index in [2.05, 4.69) is 32.6 Å². The quantitative estimate of drug-likeness (QED) is 0.866. The average Bonchev–Trinajstić information content (AvgIpc) is 2.51. The zero-order valence-corrected chi connectivity index (χ0v) is 13.9. The van der Waals surface area contributed by atoms with Gasteiger partial charge in [-0.3, -0.25) is 4.79 Å². The zero-order valence-electron chi connectivity index (χ0n) is 12.4. The summed E-state index contributed by atoms with van der Waals surface area (Å²) < 4.78 is 1.03. The average molecular weight is 358 g/mol. The molecule has 1 atom stereocenters. The lowest BCUT2D eigenvalue weighted by atomic mass is 10.1. The van der Waals surface area contributed by atoms with Gasteiger partial charge in [-0.05, 0) is 49.7 Å². The standard InChI is InChI=1S/C17H16BrN3O/c1-11-9-14(7-8-15(11)18)20-12(2)17(22)21-16-6-4-3-5-13(16)10-19/h3-9,12,20H,1-2H3,(H,21,22)/t12-/m1/s1. The van der Waals surface area contributed by atoms with E-state index in [0.29, 0.717) is 11.3 Å². The van der Waals surface area contributed by atoms with Crippen molar-refractivity contribution in [1.29, 1.82) is 5.26 Å². The predicted molar refractivity (Wildman–Crippen MR) is 91.8 cm³/mol. The van der Waals surface area contributed by atoms with E-state index in [-0.39, 0.29) is 5.91 Å². The number of carbonyl (C=O) groups is 1. The molecule has 0 radical (unpaired) electrons. The van der Waals surface area contributed by atoms with E-state index in [9.17, 15) is 4.79 Å². The van der Waals surface area contributed by atoms with Crippen molar-refractivity contribution in [3.05, 3.63) is 58.1 Å². The molecule has 0 unspecified atom stereocenters. The number of aryl methyl sites for hydroxylation is 1. The number of amides is 1. The summed E-state index contributed by atoms with van der Waals surface area (Å²) in [5, 5.41) is 15.0. The molecule has 2 rings (SSSR count). The number of halogens is 1. The van der Waals surface area contributed by atoms with Gasteiger partial charge in [0.2, 0.25) is 5.91 Å². The third-order valence-electron chi connectivity index (χ3n) is 3.24. The van der Waals surface area contributed by atoms with Crippen molar-refractivity contribution in [3.8, 4) is 6.07 Å². The Hall–Kier alpha value is -2.32. The molecule has 1 amide bonds. The number of benzene rings is 2.